The number of H-pyrrole nitrogens is 1. The quantitative estimate of drug-likeness (QED) is 0.360. The Hall–Kier alpha value is -2.70. The number of rotatable bonds is 9. The first kappa shape index (κ1) is 20.6. The van der Waals surface area contributed by atoms with E-state index in [1.807, 2.05) is 42.6 Å². The molecule has 30 heavy (non-hydrogen) atoms. The molecular formula is C24H28N4OS. The van der Waals surface area contributed by atoms with Gasteiger partial charge >= 0.3 is 0 Å². The largest absolute Gasteiger partial charge is 0.487 e. The predicted molar refractivity (Wildman–Crippen MR) is 123 cm³/mol. The summed E-state index contributed by atoms with van der Waals surface area (Å²) in [5, 5.41) is 6.79. The molecule has 0 aliphatic carbocycles. The van der Waals surface area contributed by atoms with Crippen molar-refractivity contribution in [1.29, 1.82) is 0 Å². The minimum Gasteiger partial charge on any atom is -0.487 e. The van der Waals surface area contributed by atoms with E-state index in [1.165, 1.54) is 5.56 Å². The Morgan fingerprint density at radius 2 is 1.87 bits per heavy atom. The Kier molecular flexibility index (Phi) is 6.45. The van der Waals surface area contributed by atoms with Crippen LogP contribution in [-0.2, 0) is 13.2 Å². The first-order valence-corrected chi connectivity index (χ1v) is 11.3. The van der Waals surface area contributed by atoms with Gasteiger partial charge in [0.25, 0.3) is 0 Å². The zero-order chi connectivity index (χ0) is 20.9. The molecule has 0 unspecified atom stereocenters. The van der Waals surface area contributed by atoms with Gasteiger partial charge in [0, 0.05) is 11.9 Å². The van der Waals surface area contributed by atoms with E-state index in [2.05, 4.69) is 47.3 Å². The van der Waals surface area contributed by atoms with Gasteiger partial charge in [0.05, 0.1) is 27.8 Å². The highest BCUT2D eigenvalue weighted by Gasteiger charge is 2.17. The van der Waals surface area contributed by atoms with Crippen LogP contribution in [0, 0.1) is 12.8 Å². The molecule has 4 aromatic rings. The van der Waals surface area contributed by atoms with Crippen molar-refractivity contribution in [2.45, 2.75) is 46.4 Å². The predicted octanol–water partition coefficient (Wildman–Crippen LogP) is 5.78. The SMILES string of the molecule is Cc1nc(COc2ccc(CN[C@@H](CC(C)C)c3nc4ccccc4[nH]3)cc2)cs1. The number of aromatic nitrogens is 3. The van der Waals surface area contributed by atoms with Crippen LogP contribution >= 0.6 is 11.3 Å². The molecule has 2 aromatic heterocycles. The average Bonchev–Trinajstić information content (AvgIpc) is 3.36. The lowest BCUT2D eigenvalue weighted by atomic mass is 10.0. The Bertz CT molecular complexity index is 1050. The number of aryl methyl sites for hydroxylation is 1. The third-order valence-corrected chi connectivity index (χ3v) is 5.80. The molecule has 5 nitrogen and oxygen atoms in total. The average molecular weight is 421 g/mol. The lowest BCUT2D eigenvalue weighted by Crippen LogP contribution is -2.23. The molecule has 0 spiro atoms. The molecule has 0 bridgehead atoms. The fourth-order valence-electron chi connectivity index (χ4n) is 3.48. The van der Waals surface area contributed by atoms with Crippen LogP contribution in [0.1, 0.15) is 48.4 Å². The Labute approximate surface area is 181 Å². The molecule has 0 fully saturated rings. The number of benzene rings is 2. The fourth-order valence-corrected chi connectivity index (χ4v) is 4.07. The van der Waals surface area contributed by atoms with E-state index in [0.717, 1.165) is 46.3 Å². The molecule has 2 N–H and O–H groups in total. The van der Waals surface area contributed by atoms with Crippen molar-refractivity contribution in [2.24, 2.45) is 5.92 Å². The van der Waals surface area contributed by atoms with Crippen LogP contribution in [-0.4, -0.2) is 15.0 Å². The highest BCUT2D eigenvalue weighted by Crippen LogP contribution is 2.23. The smallest absolute Gasteiger partial charge is 0.131 e. The van der Waals surface area contributed by atoms with Gasteiger partial charge in [-0.2, -0.15) is 0 Å². The summed E-state index contributed by atoms with van der Waals surface area (Å²) >= 11 is 1.65. The van der Waals surface area contributed by atoms with Crippen LogP contribution in [0.2, 0.25) is 0 Å². The number of para-hydroxylation sites is 2. The fraction of sp³-hybridized carbons (Fsp3) is 0.333. The highest BCUT2D eigenvalue weighted by molar-refractivity contribution is 7.09. The number of fused-ring (bicyclic) bond motifs is 1. The summed E-state index contributed by atoms with van der Waals surface area (Å²) in [6.45, 7) is 7.78. The van der Waals surface area contributed by atoms with E-state index in [-0.39, 0.29) is 6.04 Å². The first-order valence-electron chi connectivity index (χ1n) is 10.4. The molecule has 0 amide bonds. The summed E-state index contributed by atoms with van der Waals surface area (Å²) < 4.78 is 5.85. The van der Waals surface area contributed by atoms with Crippen LogP contribution in [0.3, 0.4) is 0 Å². The number of ether oxygens (including phenoxy) is 1. The standard InChI is InChI=1S/C24H28N4OS/c1-16(2)12-23(24-27-21-6-4-5-7-22(21)28-24)25-13-18-8-10-20(11-9-18)29-14-19-15-30-17(3)26-19/h4-11,15-16,23,25H,12-14H2,1-3H3,(H,27,28)/t23-/m0/s1. The third-order valence-electron chi connectivity index (χ3n) is 4.97. The zero-order valence-corrected chi connectivity index (χ0v) is 18.5. The van der Waals surface area contributed by atoms with Gasteiger partial charge in [0.15, 0.2) is 0 Å². The first-order chi connectivity index (χ1) is 14.6. The van der Waals surface area contributed by atoms with Crippen LogP contribution in [0.5, 0.6) is 5.75 Å². The summed E-state index contributed by atoms with van der Waals surface area (Å²) in [4.78, 5) is 12.7. The van der Waals surface area contributed by atoms with Crippen LogP contribution in [0.25, 0.3) is 11.0 Å². The van der Waals surface area contributed by atoms with Gasteiger partial charge in [-0.15, -0.1) is 11.3 Å². The van der Waals surface area contributed by atoms with Gasteiger partial charge in [0.1, 0.15) is 18.2 Å². The molecule has 2 aromatic carbocycles. The van der Waals surface area contributed by atoms with E-state index in [9.17, 15) is 0 Å². The number of thiazole rings is 1. The summed E-state index contributed by atoms with van der Waals surface area (Å²) in [5.41, 5.74) is 4.29. The third kappa shape index (κ3) is 5.26. The number of aromatic amines is 1. The molecule has 0 saturated carbocycles. The Balaban J connectivity index is 1.38. The Morgan fingerprint density at radius 1 is 1.07 bits per heavy atom. The van der Waals surface area contributed by atoms with Crippen molar-refractivity contribution in [3.8, 4) is 5.75 Å². The molecule has 0 aliphatic rings. The van der Waals surface area contributed by atoms with Crippen molar-refractivity contribution in [3.05, 3.63) is 76.0 Å². The lowest BCUT2D eigenvalue weighted by Gasteiger charge is -2.19. The van der Waals surface area contributed by atoms with E-state index >= 15 is 0 Å². The maximum atomic E-state index is 5.85. The lowest BCUT2D eigenvalue weighted by molar-refractivity contribution is 0.302. The van der Waals surface area contributed by atoms with E-state index in [4.69, 9.17) is 9.72 Å². The molecule has 0 aliphatic heterocycles. The number of nitrogens with one attached hydrogen (secondary N) is 2. The molecule has 2 heterocycles. The zero-order valence-electron chi connectivity index (χ0n) is 17.7. The second kappa shape index (κ2) is 9.41. The van der Waals surface area contributed by atoms with Crippen molar-refractivity contribution in [1.82, 2.24) is 20.3 Å². The van der Waals surface area contributed by atoms with Crippen molar-refractivity contribution >= 4 is 22.4 Å². The minimum atomic E-state index is 0.182. The van der Waals surface area contributed by atoms with Crippen molar-refractivity contribution in [2.75, 3.05) is 0 Å². The van der Waals surface area contributed by atoms with Gasteiger partial charge in [0.2, 0.25) is 0 Å². The van der Waals surface area contributed by atoms with E-state index in [1.54, 1.807) is 11.3 Å². The van der Waals surface area contributed by atoms with E-state index < -0.39 is 0 Å². The molecule has 4 rings (SSSR count). The topological polar surface area (TPSA) is 62.8 Å². The second-order valence-corrected chi connectivity index (χ2v) is 9.05. The second-order valence-electron chi connectivity index (χ2n) is 7.99. The molecule has 0 radical (unpaired) electrons. The molecule has 6 heteroatoms. The molecule has 0 saturated heterocycles. The number of nitrogens with zero attached hydrogens (tertiary/aromatic N) is 2. The van der Waals surface area contributed by atoms with Crippen LogP contribution in [0.4, 0.5) is 0 Å². The van der Waals surface area contributed by atoms with E-state index in [0.29, 0.717) is 12.5 Å². The summed E-state index contributed by atoms with van der Waals surface area (Å²) in [6, 6.07) is 16.6. The van der Waals surface area contributed by atoms with Gasteiger partial charge in [-0.05, 0) is 49.1 Å². The molecular weight excluding hydrogens is 392 g/mol. The monoisotopic (exact) mass is 420 g/mol. The summed E-state index contributed by atoms with van der Waals surface area (Å²) in [7, 11) is 0. The van der Waals surface area contributed by atoms with Crippen molar-refractivity contribution in [3.63, 3.8) is 0 Å². The van der Waals surface area contributed by atoms with Gasteiger partial charge in [-0.25, -0.2) is 9.97 Å². The maximum absolute atomic E-state index is 5.85. The van der Waals surface area contributed by atoms with Crippen molar-refractivity contribution < 1.29 is 4.74 Å². The van der Waals surface area contributed by atoms with Crippen LogP contribution in [0.15, 0.2) is 53.9 Å². The summed E-state index contributed by atoms with van der Waals surface area (Å²) in [6.07, 6.45) is 1.02. The normalized spacial score (nSPS) is 12.5. The number of imidazole rings is 1. The minimum absolute atomic E-state index is 0.182. The molecule has 1 atom stereocenters. The summed E-state index contributed by atoms with van der Waals surface area (Å²) in [5.74, 6) is 2.43. The Morgan fingerprint density at radius 3 is 2.57 bits per heavy atom. The highest BCUT2D eigenvalue weighted by atomic mass is 32.1. The van der Waals surface area contributed by atoms with Gasteiger partial charge < -0.3 is 15.0 Å². The van der Waals surface area contributed by atoms with Gasteiger partial charge in [-0.1, -0.05) is 38.1 Å². The van der Waals surface area contributed by atoms with Gasteiger partial charge in [-0.3, -0.25) is 0 Å². The maximum Gasteiger partial charge on any atom is 0.131 e. The number of hydrogen-bond donors (Lipinski definition) is 2. The number of hydrogen-bond acceptors (Lipinski definition) is 5. The molecule has 156 valence electrons. The van der Waals surface area contributed by atoms with Crippen LogP contribution < -0.4 is 10.1 Å².